The summed E-state index contributed by atoms with van der Waals surface area (Å²) in [6, 6.07) is 1.92. The summed E-state index contributed by atoms with van der Waals surface area (Å²) < 4.78 is 0. The van der Waals surface area contributed by atoms with Gasteiger partial charge in [0, 0.05) is 60.3 Å². The molecule has 1 unspecified atom stereocenters. The third kappa shape index (κ3) is 5.64. The molecule has 2 amide bonds. The number of Topliss-reactive ketones (excluding diaryl/α,β-unsaturated/α-hetero) is 1. The van der Waals surface area contributed by atoms with Gasteiger partial charge in [-0.15, -0.1) is 11.3 Å². The van der Waals surface area contributed by atoms with Crippen LogP contribution < -0.4 is 11.1 Å². The van der Waals surface area contributed by atoms with E-state index in [9.17, 15) is 14.4 Å². The molecule has 1 aromatic rings. The molecule has 3 N–H and O–H groups in total. The Morgan fingerprint density at radius 1 is 1.23 bits per heavy atom. The fraction of sp³-hybridized carbons (Fsp3) is 0.632. The van der Waals surface area contributed by atoms with Crippen LogP contribution in [0.3, 0.4) is 0 Å². The zero-order valence-electron chi connectivity index (χ0n) is 15.7. The molecule has 0 bridgehead atoms. The highest BCUT2D eigenvalue weighted by Gasteiger charge is 2.27. The molecule has 1 aliphatic heterocycles. The van der Waals surface area contributed by atoms with Crippen LogP contribution in [0.2, 0.25) is 0 Å². The predicted octanol–water partition coefficient (Wildman–Crippen LogP) is 2.17. The number of carbonyl (C=O) groups excluding carboxylic acids is 3. The normalized spacial score (nSPS) is 17.2. The van der Waals surface area contributed by atoms with Crippen molar-refractivity contribution >= 4 is 28.9 Å². The van der Waals surface area contributed by atoms with E-state index in [1.165, 1.54) is 0 Å². The van der Waals surface area contributed by atoms with Gasteiger partial charge in [0.25, 0.3) is 0 Å². The van der Waals surface area contributed by atoms with Crippen molar-refractivity contribution in [3.05, 3.63) is 21.4 Å². The molecule has 0 aromatic carbocycles. The van der Waals surface area contributed by atoms with Crippen LogP contribution in [0.4, 0.5) is 0 Å². The standard InChI is InChI=1S/C19H29N3O3S/c1-13-11-16(14(2)26-13)17(23)6-7-19(25)22-10-4-3-5-15(22)12-21-18(24)8-9-20/h11,15H,3-10,12,20H2,1-2H3,(H,21,24). The van der Waals surface area contributed by atoms with Crippen LogP contribution in [0.5, 0.6) is 0 Å². The SMILES string of the molecule is Cc1cc(C(=O)CCC(=O)N2CCCCC2CNC(=O)CCN)c(C)s1. The first kappa shape index (κ1) is 20.6. The number of nitrogens with zero attached hydrogens (tertiary/aromatic N) is 1. The van der Waals surface area contributed by atoms with Crippen molar-refractivity contribution in [3.63, 3.8) is 0 Å². The minimum atomic E-state index is -0.0797. The van der Waals surface area contributed by atoms with Gasteiger partial charge in [-0.1, -0.05) is 0 Å². The number of nitrogens with one attached hydrogen (secondary N) is 1. The number of carbonyl (C=O) groups is 3. The summed E-state index contributed by atoms with van der Waals surface area (Å²) >= 11 is 1.61. The molecule has 1 fully saturated rings. The Morgan fingerprint density at radius 3 is 2.65 bits per heavy atom. The second kappa shape index (κ2) is 9.83. The monoisotopic (exact) mass is 379 g/mol. The van der Waals surface area contributed by atoms with E-state index in [4.69, 9.17) is 5.73 Å². The van der Waals surface area contributed by atoms with E-state index in [0.29, 0.717) is 26.1 Å². The van der Waals surface area contributed by atoms with Crippen LogP contribution in [-0.2, 0) is 9.59 Å². The lowest BCUT2D eigenvalue weighted by Crippen LogP contribution is -2.49. The van der Waals surface area contributed by atoms with E-state index in [-0.39, 0.29) is 36.5 Å². The van der Waals surface area contributed by atoms with E-state index in [1.54, 1.807) is 11.3 Å². The third-order valence-electron chi connectivity index (χ3n) is 4.76. The van der Waals surface area contributed by atoms with Crippen molar-refractivity contribution in [3.8, 4) is 0 Å². The van der Waals surface area contributed by atoms with Crippen molar-refractivity contribution in [2.24, 2.45) is 5.73 Å². The lowest BCUT2D eigenvalue weighted by Gasteiger charge is -2.36. The van der Waals surface area contributed by atoms with Crippen LogP contribution in [0, 0.1) is 13.8 Å². The van der Waals surface area contributed by atoms with E-state index < -0.39 is 0 Å². The molecule has 7 heteroatoms. The largest absolute Gasteiger partial charge is 0.354 e. The lowest BCUT2D eigenvalue weighted by molar-refractivity contribution is -0.135. The van der Waals surface area contributed by atoms with Gasteiger partial charge in [-0.05, 0) is 39.2 Å². The zero-order chi connectivity index (χ0) is 19.1. The van der Waals surface area contributed by atoms with Gasteiger partial charge >= 0.3 is 0 Å². The first-order chi connectivity index (χ1) is 12.4. The van der Waals surface area contributed by atoms with Crippen LogP contribution in [0.1, 0.15) is 58.6 Å². The highest BCUT2D eigenvalue weighted by atomic mass is 32.1. The average Bonchev–Trinajstić information content (AvgIpc) is 2.96. The molecule has 144 valence electrons. The Hall–Kier alpha value is -1.73. The Kier molecular flexibility index (Phi) is 7.78. The minimum absolute atomic E-state index is 0.000674. The van der Waals surface area contributed by atoms with E-state index in [0.717, 1.165) is 34.6 Å². The highest BCUT2D eigenvalue weighted by Crippen LogP contribution is 2.23. The van der Waals surface area contributed by atoms with Crippen molar-refractivity contribution in [2.45, 2.75) is 58.4 Å². The molecule has 0 radical (unpaired) electrons. The molecule has 1 aliphatic rings. The van der Waals surface area contributed by atoms with Gasteiger partial charge in [-0.25, -0.2) is 0 Å². The van der Waals surface area contributed by atoms with Crippen LogP contribution in [-0.4, -0.2) is 48.2 Å². The summed E-state index contributed by atoms with van der Waals surface area (Å²) in [5, 5.41) is 2.86. The summed E-state index contributed by atoms with van der Waals surface area (Å²) in [7, 11) is 0. The second-order valence-electron chi connectivity index (χ2n) is 6.83. The molecule has 1 atom stereocenters. The number of piperidine rings is 1. The number of likely N-dealkylation sites (tertiary alicyclic amines) is 1. The Labute approximate surface area is 159 Å². The van der Waals surface area contributed by atoms with Gasteiger partial charge in [-0.2, -0.15) is 0 Å². The molecule has 0 spiro atoms. The van der Waals surface area contributed by atoms with Crippen LogP contribution in [0.25, 0.3) is 0 Å². The first-order valence-electron chi connectivity index (χ1n) is 9.28. The molecular weight excluding hydrogens is 350 g/mol. The van der Waals surface area contributed by atoms with E-state index in [2.05, 4.69) is 5.32 Å². The third-order valence-corrected chi connectivity index (χ3v) is 5.73. The molecule has 2 heterocycles. The quantitative estimate of drug-likeness (QED) is 0.677. The van der Waals surface area contributed by atoms with Gasteiger partial charge in [0.2, 0.25) is 11.8 Å². The average molecular weight is 380 g/mol. The number of rotatable bonds is 8. The Balaban J connectivity index is 1.88. The van der Waals surface area contributed by atoms with Crippen molar-refractivity contribution in [2.75, 3.05) is 19.6 Å². The predicted molar refractivity (Wildman–Crippen MR) is 103 cm³/mol. The highest BCUT2D eigenvalue weighted by molar-refractivity contribution is 7.12. The Bertz CT molecular complexity index is 656. The maximum absolute atomic E-state index is 12.6. The number of hydrogen-bond donors (Lipinski definition) is 2. The molecule has 26 heavy (non-hydrogen) atoms. The van der Waals surface area contributed by atoms with E-state index in [1.807, 2.05) is 24.8 Å². The van der Waals surface area contributed by atoms with Gasteiger partial charge in [0.1, 0.15) is 0 Å². The summed E-state index contributed by atoms with van der Waals surface area (Å²) in [6.45, 7) is 5.40. The van der Waals surface area contributed by atoms with Crippen molar-refractivity contribution in [1.82, 2.24) is 10.2 Å². The minimum Gasteiger partial charge on any atom is -0.354 e. The summed E-state index contributed by atoms with van der Waals surface area (Å²) in [6.07, 6.45) is 3.66. The number of hydrogen-bond acceptors (Lipinski definition) is 5. The number of amides is 2. The molecular formula is C19H29N3O3S. The number of aryl methyl sites for hydroxylation is 2. The Morgan fingerprint density at radius 2 is 2.00 bits per heavy atom. The fourth-order valence-corrected chi connectivity index (χ4v) is 4.34. The van der Waals surface area contributed by atoms with Crippen molar-refractivity contribution < 1.29 is 14.4 Å². The van der Waals surface area contributed by atoms with Gasteiger partial charge in [0.15, 0.2) is 5.78 Å². The fourth-order valence-electron chi connectivity index (χ4n) is 3.40. The number of nitrogens with two attached hydrogens (primary N) is 1. The second-order valence-corrected chi connectivity index (χ2v) is 8.29. The smallest absolute Gasteiger partial charge is 0.223 e. The lowest BCUT2D eigenvalue weighted by atomic mass is 10.00. The van der Waals surface area contributed by atoms with Gasteiger partial charge in [-0.3, -0.25) is 14.4 Å². The van der Waals surface area contributed by atoms with Gasteiger partial charge < -0.3 is 16.0 Å². The zero-order valence-corrected chi connectivity index (χ0v) is 16.5. The van der Waals surface area contributed by atoms with Crippen molar-refractivity contribution in [1.29, 1.82) is 0 Å². The van der Waals surface area contributed by atoms with Gasteiger partial charge in [0.05, 0.1) is 0 Å². The maximum Gasteiger partial charge on any atom is 0.223 e. The summed E-state index contributed by atoms with van der Waals surface area (Å²) in [5.74, 6) is -0.0466. The number of thiophene rings is 1. The molecule has 2 rings (SSSR count). The summed E-state index contributed by atoms with van der Waals surface area (Å²) in [4.78, 5) is 40.6. The van der Waals surface area contributed by atoms with Crippen LogP contribution in [0.15, 0.2) is 6.07 Å². The van der Waals surface area contributed by atoms with E-state index >= 15 is 0 Å². The molecule has 1 aromatic heterocycles. The molecule has 6 nitrogen and oxygen atoms in total. The first-order valence-corrected chi connectivity index (χ1v) is 10.1. The molecule has 0 aliphatic carbocycles. The molecule has 0 saturated carbocycles. The number of ketones is 1. The molecule has 1 saturated heterocycles. The van der Waals surface area contributed by atoms with Crippen LogP contribution >= 0.6 is 11.3 Å². The topological polar surface area (TPSA) is 92.5 Å². The maximum atomic E-state index is 12.6. The summed E-state index contributed by atoms with van der Waals surface area (Å²) in [5.41, 5.74) is 6.13.